The maximum Gasteiger partial charge on any atom is 0.200 e. The Kier molecular flexibility index (Phi) is 10.1. The van der Waals surface area contributed by atoms with E-state index in [1.54, 1.807) is 12.1 Å². The van der Waals surface area contributed by atoms with Crippen molar-refractivity contribution in [3.63, 3.8) is 0 Å². The number of ether oxygens (including phenoxy) is 1. The molecule has 0 radical (unpaired) electrons. The Labute approximate surface area is 213 Å². The van der Waals surface area contributed by atoms with E-state index in [0.717, 1.165) is 55.3 Å². The lowest BCUT2D eigenvalue weighted by atomic mass is 9.68. The van der Waals surface area contributed by atoms with Gasteiger partial charge in [-0.15, -0.1) is 0 Å². The molecule has 3 heteroatoms. The first-order chi connectivity index (χ1) is 17.1. The number of allylic oxidation sites excluding steroid dienone is 2. The van der Waals surface area contributed by atoms with E-state index >= 15 is 0 Å². The van der Waals surface area contributed by atoms with E-state index in [1.807, 2.05) is 0 Å². The van der Waals surface area contributed by atoms with Crippen molar-refractivity contribution in [1.82, 2.24) is 0 Å². The SMILES string of the molecule is CCCC1CCC(/C=C/CCC2CCC(C3CCC(c4ccc(OC)c(F)c4F)CC3)CC2)CC1. The van der Waals surface area contributed by atoms with Crippen molar-refractivity contribution in [2.45, 2.75) is 116 Å². The molecule has 0 N–H and O–H groups in total. The molecule has 0 aliphatic heterocycles. The monoisotopic (exact) mass is 486 g/mol. The zero-order chi connectivity index (χ0) is 24.6. The predicted molar refractivity (Wildman–Crippen MR) is 142 cm³/mol. The molecule has 1 aromatic rings. The van der Waals surface area contributed by atoms with Crippen LogP contribution in [-0.2, 0) is 0 Å². The lowest BCUT2D eigenvalue weighted by molar-refractivity contribution is 0.156. The van der Waals surface area contributed by atoms with Crippen LogP contribution in [0, 0.1) is 41.2 Å². The third-order valence-corrected chi connectivity index (χ3v) is 9.80. The Bertz CT molecular complexity index is 794. The summed E-state index contributed by atoms with van der Waals surface area (Å²) < 4.78 is 33.6. The highest BCUT2D eigenvalue weighted by atomic mass is 19.2. The van der Waals surface area contributed by atoms with Crippen LogP contribution in [0.3, 0.4) is 0 Å². The average molecular weight is 487 g/mol. The second kappa shape index (κ2) is 13.2. The molecule has 1 nitrogen and oxygen atoms in total. The van der Waals surface area contributed by atoms with Gasteiger partial charge in [-0.05, 0) is 124 Å². The van der Waals surface area contributed by atoms with Crippen LogP contribution in [0.25, 0.3) is 0 Å². The van der Waals surface area contributed by atoms with Crippen molar-refractivity contribution >= 4 is 0 Å². The van der Waals surface area contributed by atoms with Gasteiger partial charge in [-0.25, -0.2) is 4.39 Å². The van der Waals surface area contributed by atoms with Crippen LogP contribution < -0.4 is 4.74 Å². The van der Waals surface area contributed by atoms with E-state index in [9.17, 15) is 8.78 Å². The van der Waals surface area contributed by atoms with Gasteiger partial charge < -0.3 is 4.74 Å². The lowest BCUT2D eigenvalue weighted by Crippen LogP contribution is -2.25. The average Bonchev–Trinajstić information content (AvgIpc) is 2.90. The highest BCUT2D eigenvalue weighted by molar-refractivity contribution is 5.33. The molecule has 3 fully saturated rings. The van der Waals surface area contributed by atoms with Crippen LogP contribution in [0.1, 0.15) is 121 Å². The number of benzene rings is 1. The molecule has 3 aliphatic carbocycles. The molecule has 196 valence electrons. The van der Waals surface area contributed by atoms with Crippen LogP contribution in [0.15, 0.2) is 24.3 Å². The fourth-order valence-corrected chi connectivity index (χ4v) is 7.57. The van der Waals surface area contributed by atoms with Gasteiger partial charge in [-0.2, -0.15) is 4.39 Å². The molecule has 35 heavy (non-hydrogen) atoms. The third-order valence-electron chi connectivity index (χ3n) is 9.80. The molecule has 0 bridgehead atoms. The summed E-state index contributed by atoms with van der Waals surface area (Å²) in [6, 6.07) is 3.31. The smallest absolute Gasteiger partial charge is 0.200 e. The number of rotatable bonds is 9. The number of hydrogen-bond donors (Lipinski definition) is 0. The number of halogens is 2. The largest absolute Gasteiger partial charge is 0.494 e. The van der Waals surface area contributed by atoms with Crippen LogP contribution in [0.4, 0.5) is 8.78 Å². The standard InChI is InChI=1S/C32H48F2O/c1-3-6-23-9-11-24(12-10-23)7-4-5-8-25-13-15-26(16-14-25)27-17-19-28(20-18-27)29-21-22-30(35-2)32(34)31(29)33/h4,7,21-28H,3,5-6,8-20H2,1-2H3/b7-4+. The second-order valence-corrected chi connectivity index (χ2v) is 12.0. The summed E-state index contributed by atoms with van der Waals surface area (Å²) in [5.74, 6) is 2.99. The summed E-state index contributed by atoms with van der Waals surface area (Å²) in [4.78, 5) is 0. The maximum absolute atomic E-state index is 14.5. The normalized spacial score (nSPS) is 32.1. The van der Waals surface area contributed by atoms with Crippen LogP contribution in [0.2, 0.25) is 0 Å². The molecule has 3 saturated carbocycles. The number of hydrogen-bond acceptors (Lipinski definition) is 1. The van der Waals surface area contributed by atoms with E-state index < -0.39 is 11.6 Å². The van der Waals surface area contributed by atoms with Gasteiger partial charge in [-0.1, -0.05) is 50.8 Å². The van der Waals surface area contributed by atoms with Crippen LogP contribution in [0.5, 0.6) is 5.75 Å². The van der Waals surface area contributed by atoms with Gasteiger partial charge in [0, 0.05) is 0 Å². The molecule has 0 spiro atoms. The summed E-state index contributed by atoms with van der Waals surface area (Å²) in [5, 5.41) is 0. The summed E-state index contributed by atoms with van der Waals surface area (Å²) in [6.45, 7) is 2.32. The van der Waals surface area contributed by atoms with E-state index in [-0.39, 0.29) is 11.7 Å². The number of methoxy groups -OCH3 is 1. The summed E-state index contributed by atoms with van der Waals surface area (Å²) in [7, 11) is 1.38. The van der Waals surface area contributed by atoms with Gasteiger partial charge in [0.15, 0.2) is 11.6 Å². The molecule has 1 aromatic carbocycles. The first kappa shape index (κ1) is 26.7. The lowest BCUT2D eigenvalue weighted by Gasteiger charge is -2.38. The molecular formula is C32H48F2O. The van der Waals surface area contributed by atoms with Crippen molar-refractivity contribution in [3.8, 4) is 5.75 Å². The minimum Gasteiger partial charge on any atom is -0.494 e. The summed E-state index contributed by atoms with van der Waals surface area (Å²) in [6.07, 6.45) is 26.0. The van der Waals surface area contributed by atoms with Gasteiger partial charge in [0.05, 0.1) is 7.11 Å². The Morgan fingerprint density at radius 3 is 2.00 bits per heavy atom. The highest BCUT2D eigenvalue weighted by Gasteiger charge is 2.32. The topological polar surface area (TPSA) is 9.23 Å². The fraction of sp³-hybridized carbons (Fsp3) is 0.750. The Morgan fingerprint density at radius 1 is 0.771 bits per heavy atom. The quantitative estimate of drug-likeness (QED) is 0.315. The van der Waals surface area contributed by atoms with E-state index in [0.29, 0.717) is 5.56 Å². The molecule has 0 unspecified atom stereocenters. The van der Waals surface area contributed by atoms with Gasteiger partial charge in [0.1, 0.15) is 0 Å². The van der Waals surface area contributed by atoms with Gasteiger partial charge in [-0.3, -0.25) is 0 Å². The highest BCUT2D eigenvalue weighted by Crippen LogP contribution is 2.45. The molecule has 0 aromatic heterocycles. The Balaban J connectivity index is 1.13. The second-order valence-electron chi connectivity index (χ2n) is 12.0. The predicted octanol–water partition coefficient (Wildman–Crippen LogP) is 10.00. The van der Waals surface area contributed by atoms with Crippen molar-refractivity contribution in [2.75, 3.05) is 7.11 Å². The third kappa shape index (κ3) is 7.10. The molecule has 0 amide bonds. The van der Waals surface area contributed by atoms with E-state index in [4.69, 9.17) is 4.74 Å². The molecule has 0 atom stereocenters. The minimum atomic E-state index is -0.834. The first-order valence-electron chi connectivity index (χ1n) is 14.8. The zero-order valence-corrected chi connectivity index (χ0v) is 22.3. The first-order valence-corrected chi connectivity index (χ1v) is 14.8. The fourth-order valence-electron chi connectivity index (χ4n) is 7.57. The van der Waals surface area contributed by atoms with Crippen molar-refractivity contribution < 1.29 is 13.5 Å². The van der Waals surface area contributed by atoms with Crippen LogP contribution >= 0.6 is 0 Å². The maximum atomic E-state index is 14.5. The summed E-state index contributed by atoms with van der Waals surface area (Å²) in [5.41, 5.74) is 0.549. The zero-order valence-electron chi connectivity index (χ0n) is 22.3. The van der Waals surface area contributed by atoms with E-state index in [2.05, 4.69) is 19.1 Å². The van der Waals surface area contributed by atoms with Crippen LogP contribution in [-0.4, -0.2) is 7.11 Å². The van der Waals surface area contributed by atoms with Crippen molar-refractivity contribution in [3.05, 3.63) is 41.5 Å². The minimum absolute atomic E-state index is 0.00159. The molecule has 0 heterocycles. The molecule has 0 saturated heterocycles. The molecule has 4 rings (SSSR count). The van der Waals surface area contributed by atoms with Gasteiger partial charge >= 0.3 is 0 Å². The summed E-state index contributed by atoms with van der Waals surface area (Å²) >= 11 is 0. The Morgan fingerprint density at radius 2 is 1.37 bits per heavy atom. The van der Waals surface area contributed by atoms with Crippen molar-refractivity contribution in [1.29, 1.82) is 0 Å². The molecular weight excluding hydrogens is 438 g/mol. The van der Waals surface area contributed by atoms with Crippen molar-refractivity contribution in [2.24, 2.45) is 29.6 Å². The Hall–Kier alpha value is -1.38. The van der Waals surface area contributed by atoms with Gasteiger partial charge in [0.25, 0.3) is 0 Å². The van der Waals surface area contributed by atoms with Gasteiger partial charge in [0.2, 0.25) is 5.82 Å². The molecule has 3 aliphatic rings. The van der Waals surface area contributed by atoms with E-state index in [1.165, 1.54) is 84.2 Å².